The second-order valence-corrected chi connectivity index (χ2v) is 5.28. The van der Waals surface area contributed by atoms with Crippen LogP contribution >= 0.6 is 23.2 Å². The molecule has 2 rings (SSSR count). The first-order valence-corrected chi connectivity index (χ1v) is 7.18. The van der Waals surface area contributed by atoms with Crippen LogP contribution in [0.2, 0.25) is 10.2 Å². The van der Waals surface area contributed by atoms with Gasteiger partial charge in [-0.1, -0.05) is 23.2 Å². The molecule has 0 spiro atoms. The van der Waals surface area contributed by atoms with E-state index in [2.05, 4.69) is 10.3 Å². The van der Waals surface area contributed by atoms with Crippen LogP contribution in [0.1, 0.15) is 23.2 Å². The molecular formula is C13H14Cl2N2O4. The van der Waals surface area contributed by atoms with Crippen molar-refractivity contribution >= 4 is 35.1 Å². The van der Waals surface area contributed by atoms with Crippen LogP contribution in [0.25, 0.3) is 0 Å². The minimum absolute atomic E-state index is 0.0453. The Labute approximate surface area is 131 Å². The van der Waals surface area contributed by atoms with Gasteiger partial charge in [0.1, 0.15) is 5.15 Å². The largest absolute Gasteiger partial charge is 0.452 e. The molecule has 2 heterocycles. The summed E-state index contributed by atoms with van der Waals surface area (Å²) in [6, 6.07) is 1.34. The summed E-state index contributed by atoms with van der Waals surface area (Å²) in [6.07, 6.45) is 3.21. The number of hydrogen-bond donors (Lipinski definition) is 1. The summed E-state index contributed by atoms with van der Waals surface area (Å²) in [7, 11) is 0. The average Bonchev–Trinajstić information content (AvgIpc) is 2.98. The fourth-order valence-corrected chi connectivity index (χ4v) is 2.10. The number of carbonyl (C=O) groups is 2. The van der Waals surface area contributed by atoms with Gasteiger partial charge in [0.15, 0.2) is 6.61 Å². The molecule has 1 aliphatic rings. The van der Waals surface area contributed by atoms with Crippen molar-refractivity contribution in [3.63, 3.8) is 0 Å². The summed E-state index contributed by atoms with van der Waals surface area (Å²) in [6.45, 7) is 0.774. The fraction of sp³-hybridized carbons (Fsp3) is 0.462. The Kier molecular flexibility index (Phi) is 5.78. The van der Waals surface area contributed by atoms with E-state index in [1.165, 1.54) is 12.3 Å². The standard InChI is InChI=1S/C13H14Cl2N2O4/c14-10-4-8(5-17-12(10)15)13(19)21-7-11(18)16-6-9-2-1-3-20-9/h4-5,9H,1-3,6-7H2,(H,16,18). The molecule has 21 heavy (non-hydrogen) atoms. The van der Waals surface area contributed by atoms with Gasteiger partial charge < -0.3 is 14.8 Å². The Morgan fingerprint density at radius 2 is 2.29 bits per heavy atom. The number of amides is 1. The molecule has 1 N–H and O–H groups in total. The van der Waals surface area contributed by atoms with E-state index in [1.807, 2.05) is 0 Å². The molecule has 8 heteroatoms. The molecule has 1 atom stereocenters. The zero-order valence-electron chi connectivity index (χ0n) is 11.1. The highest BCUT2D eigenvalue weighted by atomic mass is 35.5. The van der Waals surface area contributed by atoms with E-state index in [-0.39, 0.29) is 34.4 Å². The van der Waals surface area contributed by atoms with Crippen molar-refractivity contribution in [2.45, 2.75) is 18.9 Å². The number of nitrogens with zero attached hydrogens (tertiary/aromatic N) is 1. The monoisotopic (exact) mass is 332 g/mol. The molecule has 0 bridgehead atoms. The highest BCUT2D eigenvalue weighted by Gasteiger charge is 2.17. The maximum absolute atomic E-state index is 11.7. The lowest BCUT2D eigenvalue weighted by Gasteiger charge is -2.11. The normalized spacial score (nSPS) is 17.5. The van der Waals surface area contributed by atoms with Crippen LogP contribution in [0, 0.1) is 0 Å². The summed E-state index contributed by atoms with van der Waals surface area (Å²) in [4.78, 5) is 27.0. The van der Waals surface area contributed by atoms with Gasteiger partial charge in [0.05, 0.1) is 16.7 Å². The van der Waals surface area contributed by atoms with Crippen LogP contribution in [0.4, 0.5) is 0 Å². The third-order valence-electron chi connectivity index (χ3n) is 2.92. The number of ether oxygens (including phenoxy) is 2. The van der Waals surface area contributed by atoms with Gasteiger partial charge >= 0.3 is 5.97 Å². The van der Waals surface area contributed by atoms with Crippen LogP contribution in [-0.2, 0) is 14.3 Å². The van der Waals surface area contributed by atoms with Crippen LogP contribution in [0.15, 0.2) is 12.3 Å². The maximum atomic E-state index is 11.7. The van der Waals surface area contributed by atoms with Crippen molar-refractivity contribution in [3.8, 4) is 0 Å². The van der Waals surface area contributed by atoms with Crippen molar-refractivity contribution in [3.05, 3.63) is 28.0 Å². The van der Waals surface area contributed by atoms with Crippen LogP contribution in [-0.4, -0.2) is 42.7 Å². The van der Waals surface area contributed by atoms with Crippen molar-refractivity contribution in [2.24, 2.45) is 0 Å². The van der Waals surface area contributed by atoms with Crippen molar-refractivity contribution in [1.29, 1.82) is 0 Å². The van der Waals surface area contributed by atoms with Gasteiger partial charge in [-0.3, -0.25) is 4.79 Å². The number of esters is 1. The Morgan fingerprint density at radius 1 is 1.48 bits per heavy atom. The van der Waals surface area contributed by atoms with Crippen LogP contribution < -0.4 is 5.32 Å². The molecule has 1 aliphatic heterocycles. The average molecular weight is 333 g/mol. The first-order valence-electron chi connectivity index (χ1n) is 6.42. The SMILES string of the molecule is O=C(COC(=O)c1cnc(Cl)c(Cl)c1)NCC1CCCO1. The zero-order chi connectivity index (χ0) is 15.2. The van der Waals surface area contributed by atoms with Gasteiger partial charge in [-0.2, -0.15) is 0 Å². The van der Waals surface area contributed by atoms with Gasteiger partial charge in [-0.25, -0.2) is 9.78 Å². The third kappa shape index (κ3) is 4.84. The van der Waals surface area contributed by atoms with Gasteiger partial charge in [0.25, 0.3) is 5.91 Å². The molecular weight excluding hydrogens is 319 g/mol. The predicted molar refractivity (Wildman–Crippen MR) is 76.5 cm³/mol. The number of nitrogens with one attached hydrogen (secondary N) is 1. The highest BCUT2D eigenvalue weighted by molar-refractivity contribution is 6.41. The molecule has 1 saturated heterocycles. The number of halogens is 2. The second-order valence-electron chi connectivity index (χ2n) is 4.51. The number of pyridine rings is 1. The summed E-state index contributed by atoms with van der Waals surface area (Å²) in [5.74, 6) is -1.07. The highest BCUT2D eigenvalue weighted by Crippen LogP contribution is 2.20. The number of aromatic nitrogens is 1. The molecule has 1 unspecified atom stereocenters. The summed E-state index contributed by atoms with van der Waals surface area (Å²) in [5, 5.41) is 2.89. The Hall–Kier alpha value is -1.37. The molecule has 1 amide bonds. The molecule has 0 aromatic carbocycles. The lowest BCUT2D eigenvalue weighted by Crippen LogP contribution is -2.34. The summed E-state index contributed by atoms with van der Waals surface area (Å²) in [5.41, 5.74) is 0.135. The van der Waals surface area contributed by atoms with E-state index in [9.17, 15) is 9.59 Å². The topological polar surface area (TPSA) is 77.5 Å². The molecule has 0 aliphatic carbocycles. The molecule has 114 valence electrons. The smallest absolute Gasteiger partial charge is 0.340 e. The molecule has 1 fully saturated rings. The van der Waals surface area contributed by atoms with Crippen molar-refractivity contribution in [1.82, 2.24) is 10.3 Å². The lowest BCUT2D eigenvalue weighted by molar-refractivity contribution is -0.124. The predicted octanol–water partition coefficient (Wildman–Crippen LogP) is 1.84. The zero-order valence-corrected chi connectivity index (χ0v) is 12.6. The van der Waals surface area contributed by atoms with E-state index >= 15 is 0 Å². The Morgan fingerprint density at radius 3 is 2.95 bits per heavy atom. The quantitative estimate of drug-likeness (QED) is 0.657. The van der Waals surface area contributed by atoms with Gasteiger partial charge in [0.2, 0.25) is 0 Å². The molecule has 0 radical (unpaired) electrons. The van der Waals surface area contributed by atoms with Crippen LogP contribution in [0.3, 0.4) is 0 Å². The van der Waals surface area contributed by atoms with Crippen molar-refractivity contribution in [2.75, 3.05) is 19.8 Å². The number of hydrogen-bond acceptors (Lipinski definition) is 5. The maximum Gasteiger partial charge on any atom is 0.340 e. The third-order valence-corrected chi connectivity index (χ3v) is 3.60. The second kappa shape index (κ2) is 7.59. The van der Waals surface area contributed by atoms with E-state index < -0.39 is 5.97 Å². The van der Waals surface area contributed by atoms with Crippen molar-refractivity contribution < 1.29 is 19.1 Å². The molecule has 1 aromatic rings. The molecule has 6 nitrogen and oxygen atoms in total. The van der Waals surface area contributed by atoms with E-state index in [1.54, 1.807) is 0 Å². The van der Waals surface area contributed by atoms with E-state index in [0.29, 0.717) is 6.54 Å². The van der Waals surface area contributed by atoms with E-state index in [0.717, 1.165) is 19.4 Å². The van der Waals surface area contributed by atoms with Crippen LogP contribution in [0.5, 0.6) is 0 Å². The molecule has 0 saturated carbocycles. The van der Waals surface area contributed by atoms with Gasteiger partial charge in [0, 0.05) is 19.3 Å². The lowest BCUT2D eigenvalue weighted by atomic mass is 10.2. The van der Waals surface area contributed by atoms with Gasteiger partial charge in [-0.15, -0.1) is 0 Å². The minimum Gasteiger partial charge on any atom is -0.452 e. The minimum atomic E-state index is -0.687. The summed E-state index contributed by atoms with van der Waals surface area (Å²) < 4.78 is 10.2. The van der Waals surface area contributed by atoms with Gasteiger partial charge in [-0.05, 0) is 18.9 Å². The Balaban J connectivity index is 1.74. The molecule has 1 aromatic heterocycles. The fourth-order valence-electron chi connectivity index (χ4n) is 1.83. The Bertz CT molecular complexity index is 533. The van der Waals surface area contributed by atoms with E-state index in [4.69, 9.17) is 32.7 Å². The number of carbonyl (C=O) groups excluding carboxylic acids is 2. The first kappa shape index (κ1) is 16.0. The first-order chi connectivity index (χ1) is 10.1. The summed E-state index contributed by atoms with van der Waals surface area (Å²) >= 11 is 11.4. The number of rotatable bonds is 5.